The SMILES string of the molecule is COC(=O)C(NC(C)=O)(Nc1nc2c(C)c(Cl)ccc2s1)C(F)(F)F. The van der Waals surface area contributed by atoms with Crippen LogP contribution in [0.3, 0.4) is 0 Å². The Hall–Kier alpha value is -2.07. The summed E-state index contributed by atoms with van der Waals surface area (Å²) in [6, 6.07) is 3.19. The first-order valence-corrected chi connectivity index (χ1v) is 7.99. The standard InChI is InChI=1S/C14H13ClF3N3O3S/c1-6-8(15)4-5-9-10(6)19-12(25-9)21-13(11(23)24-3,14(16,17)18)20-7(2)22/h4-5H,1-3H3,(H,19,21)(H,20,22). The number of alkyl halides is 3. The summed E-state index contributed by atoms with van der Waals surface area (Å²) in [5.41, 5.74) is -2.48. The predicted molar refractivity (Wildman–Crippen MR) is 87.6 cm³/mol. The van der Waals surface area contributed by atoms with Gasteiger partial charge in [-0.1, -0.05) is 22.9 Å². The smallest absolute Gasteiger partial charge is 0.442 e. The van der Waals surface area contributed by atoms with Crippen LogP contribution in [0.4, 0.5) is 18.3 Å². The summed E-state index contributed by atoms with van der Waals surface area (Å²) in [6.45, 7) is 2.52. The van der Waals surface area contributed by atoms with Crippen LogP contribution >= 0.6 is 22.9 Å². The minimum atomic E-state index is -5.18. The van der Waals surface area contributed by atoms with Crippen LogP contribution < -0.4 is 10.6 Å². The molecular weight excluding hydrogens is 383 g/mol. The van der Waals surface area contributed by atoms with Gasteiger partial charge in [-0.3, -0.25) is 4.79 Å². The van der Waals surface area contributed by atoms with E-state index in [1.54, 1.807) is 24.4 Å². The molecule has 136 valence electrons. The molecule has 0 aliphatic rings. The van der Waals surface area contributed by atoms with Gasteiger partial charge in [0.05, 0.1) is 17.3 Å². The number of halogens is 4. The summed E-state index contributed by atoms with van der Waals surface area (Å²) < 4.78 is 45.7. The highest BCUT2D eigenvalue weighted by molar-refractivity contribution is 7.22. The number of hydrogen-bond donors (Lipinski definition) is 2. The van der Waals surface area contributed by atoms with E-state index in [1.165, 1.54) is 0 Å². The number of nitrogens with zero attached hydrogens (tertiary/aromatic N) is 1. The molecule has 0 saturated heterocycles. The third kappa shape index (κ3) is 3.49. The topological polar surface area (TPSA) is 80.3 Å². The molecule has 2 aromatic rings. The minimum absolute atomic E-state index is 0.225. The maximum atomic E-state index is 13.6. The number of nitrogens with one attached hydrogen (secondary N) is 2. The van der Waals surface area contributed by atoms with Crippen LogP contribution in [-0.4, -0.2) is 35.8 Å². The van der Waals surface area contributed by atoms with Crippen LogP contribution in [0.5, 0.6) is 0 Å². The normalized spacial score (nSPS) is 14.0. The molecule has 2 N–H and O–H groups in total. The van der Waals surface area contributed by atoms with Crippen molar-refractivity contribution in [1.82, 2.24) is 10.3 Å². The van der Waals surface area contributed by atoms with Crippen LogP contribution in [0, 0.1) is 6.92 Å². The largest absolute Gasteiger partial charge is 0.466 e. The zero-order valence-electron chi connectivity index (χ0n) is 13.2. The van der Waals surface area contributed by atoms with Crippen molar-refractivity contribution in [1.29, 1.82) is 0 Å². The third-order valence-corrected chi connectivity index (χ3v) is 4.67. The summed E-state index contributed by atoms with van der Waals surface area (Å²) in [6.07, 6.45) is -5.18. The summed E-state index contributed by atoms with van der Waals surface area (Å²) in [5, 5.41) is 3.76. The van der Waals surface area contributed by atoms with Crippen molar-refractivity contribution in [2.45, 2.75) is 25.7 Å². The van der Waals surface area contributed by atoms with Gasteiger partial charge in [0, 0.05) is 11.9 Å². The molecule has 1 amide bonds. The fraction of sp³-hybridized carbons (Fsp3) is 0.357. The van der Waals surface area contributed by atoms with Crippen molar-refractivity contribution >= 4 is 50.2 Å². The second-order valence-corrected chi connectivity index (χ2v) is 6.52. The number of amides is 1. The number of esters is 1. The van der Waals surface area contributed by atoms with Crippen LogP contribution in [0.1, 0.15) is 12.5 Å². The lowest BCUT2D eigenvalue weighted by Gasteiger charge is -2.33. The fourth-order valence-corrected chi connectivity index (χ4v) is 3.26. The van der Waals surface area contributed by atoms with Gasteiger partial charge in [0.15, 0.2) is 5.13 Å². The number of fused-ring (bicyclic) bond motifs is 1. The number of rotatable bonds is 4. The maximum absolute atomic E-state index is 13.6. The molecule has 1 atom stereocenters. The number of thiazole rings is 1. The highest BCUT2D eigenvalue weighted by Crippen LogP contribution is 2.37. The molecule has 0 aliphatic carbocycles. The first-order valence-electron chi connectivity index (χ1n) is 6.79. The monoisotopic (exact) mass is 395 g/mol. The van der Waals surface area contributed by atoms with Gasteiger partial charge in [-0.05, 0) is 24.6 Å². The average Bonchev–Trinajstić information content (AvgIpc) is 2.91. The van der Waals surface area contributed by atoms with Crippen molar-refractivity contribution in [2.75, 3.05) is 12.4 Å². The molecule has 1 heterocycles. The number of hydrogen-bond acceptors (Lipinski definition) is 6. The summed E-state index contributed by atoms with van der Waals surface area (Å²) in [7, 11) is 0.786. The lowest BCUT2D eigenvalue weighted by Crippen LogP contribution is -2.69. The zero-order chi connectivity index (χ0) is 19.0. The van der Waals surface area contributed by atoms with Gasteiger partial charge in [-0.15, -0.1) is 0 Å². The molecule has 25 heavy (non-hydrogen) atoms. The second-order valence-electron chi connectivity index (χ2n) is 5.08. The van der Waals surface area contributed by atoms with E-state index in [9.17, 15) is 22.8 Å². The van der Waals surface area contributed by atoms with E-state index in [-0.39, 0.29) is 5.13 Å². The third-order valence-electron chi connectivity index (χ3n) is 3.32. The van der Waals surface area contributed by atoms with E-state index < -0.39 is 23.7 Å². The fourth-order valence-electron chi connectivity index (χ4n) is 2.12. The molecule has 0 saturated carbocycles. The molecule has 1 aromatic heterocycles. The molecule has 1 unspecified atom stereocenters. The molecule has 6 nitrogen and oxygen atoms in total. The quantitative estimate of drug-likeness (QED) is 0.613. The number of aryl methyl sites for hydroxylation is 1. The summed E-state index contributed by atoms with van der Waals surface area (Å²) in [5.74, 6) is -2.79. The molecule has 0 bridgehead atoms. The Balaban J connectivity index is 2.58. The van der Waals surface area contributed by atoms with Crippen LogP contribution in [0.15, 0.2) is 12.1 Å². The molecule has 0 fully saturated rings. The Morgan fingerprint density at radius 1 is 1.32 bits per heavy atom. The van der Waals surface area contributed by atoms with Crippen molar-refractivity contribution in [3.05, 3.63) is 22.7 Å². The first-order chi connectivity index (χ1) is 11.5. The Bertz CT molecular complexity index is 840. The minimum Gasteiger partial charge on any atom is -0.466 e. The van der Waals surface area contributed by atoms with Crippen molar-refractivity contribution in [3.8, 4) is 0 Å². The van der Waals surface area contributed by atoms with E-state index in [1.807, 2.05) is 5.32 Å². The Morgan fingerprint density at radius 2 is 1.96 bits per heavy atom. The molecule has 2 rings (SSSR count). The van der Waals surface area contributed by atoms with E-state index >= 15 is 0 Å². The maximum Gasteiger partial charge on any atom is 0.442 e. The zero-order valence-corrected chi connectivity index (χ0v) is 14.8. The van der Waals surface area contributed by atoms with Gasteiger partial charge >= 0.3 is 17.8 Å². The van der Waals surface area contributed by atoms with Gasteiger partial charge in [-0.25, -0.2) is 9.78 Å². The molecule has 0 spiro atoms. The number of benzene rings is 1. The van der Waals surface area contributed by atoms with Crippen molar-refractivity contribution in [3.63, 3.8) is 0 Å². The number of anilines is 1. The van der Waals surface area contributed by atoms with Crippen molar-refractivity contribution in [2.24, 2.45) is 0 Å². The Morgan fingerprint density at radius 3 is 2.48 bits per heavy atom. The Labute approximate surface area is 149 Å². The van der Waals surface area contributed by atoms with Crippen LogP contribution in [-0.2, 0) is 14.3 Å². The lowest BCUT2D eigenvalue weighted by molar-refractivity contribution is -0.206. The van der Waals surface area contributed by atoms with E-state index in [0.717, 1.165) is 25.4 Å². The molecular formula is C14H13ClF3N3O3S. The van der Waals surface area contributed by atoms with Crippen molar-refractivity contribution < 1.29 is 27.5 Å². The van der Waals surface area contributed by atoms with Gasteiger partial charge in [0.1, 0.15) is 0 Å². The van der Waals surface area contributed by atoms with Gasteiger partial charge in [-0.2, -0.15) is 13.2 Å². The number of aromatic nitrogens is 1. The summed E-state index contributed by atoms with van der Waals surface area (Å²) >= 11 is 6.86. The van der Waals surface area contributed by atoms with E-state index in [0.29, 0.717) is 20.8 Å². The number of ether oxygens (including phenoxy) is 1. The number of carbonyl (C=O) groups is 2. The highest BCUT2D eigenvalue weighted by Gasteiger charge is 2.63. The van der Waals surface area contributed by atoms with E-state index in [2.05, 4.69) is 9.72 Å². The van der Waals surface area contributed by atoms with E-state index in [4.69, 9.17) is 11.6 Å². The number of carbonyl (C=O) groups excluding carboxylic acids is 2. The average molecular weight is 396 g/mol. The van der Waals surface area contributed by atoms with Crippen LogP contribution in [0.2, 0.25) is 5.02 Å². The van der Waals surface area contributed by atoms with Crippen LogP contribution in [0.25, 0.3) is 10.2 Å². The summed E-state index contributed by atoms with van der Waals surface area (Å²) in [4.78, 5) is 27.2. The molecule has 0 radical (unpaired) electrons. The predicted octanol–water partition coefficient (Wildman–Crippen LogP) is 3.24. The second kappa shape index (κ2) is 6.68. The van der Waals surface area contributed by atoms with Gasteiger partial charge in [0.2, 0.25) is 5.91 Å². The highest BCUT2D eigenvalue weighted by atomic mass is 35.5. The first kappa shape index (κ1) is 19.3. The lowest BCUT2D eigenvalue weighted by atomic mass is 10.1. The van der Waals surface area contributed by atoms with Gasteiger partial charge < -0.3 is 15.4 Å². The molecule has 1 aromatic carbocycles. The Kier molecular flexibility index (Phi) is 5.14. The molecule has 11 heteroatoms. The van der Waals surface area contributed by atoms with Gasteiger partial charge in [0.25, 0.3) is 0 Å². The number of methoxy groups -OCH3 is 1. The molecule has 0 aliphatic heterocycles.